The van der Waals surface area contributed by atoms with E-state index < -0.39 is 11.6 Å². The number of aromatic nitrogens is 3. The largest absolute Gasteiger partial charge is 0.307 e. The first kappa shape index (κ1) is 11.6. The van der Waals surface area contributed by atoms with E-state index in [4.69, 9.17) is 0 Å². The zero-order chi connectivity index (χ0) is 13.6. The second-order valence-electron chi connectivity index (χ2n) is 4.26. The Morgan fingerprint density at radius 1 is 1.11 bits per heavy atom. The first-order valence-electron chi connectivity index (χ1n) is 5.59. The van der Waals surface area contributed by atoms with Crippen LogP contribution in [0, 0.1) is 18.6 Å². The van der Waals surface area contributed by atoms with Crippen LogP contribution >= 0.6 is 0 Å². The molecule has 1 N–H and O–H groups in total. The molecule has 3 rings (SSSR count). The van der Waals surface area contributed by atoms with Gasteiger partial charge in [-0.2, -0.15) is 5.10 Å². The number of fused-ring (bicyclic) bond motifs is 1. The maximum Gasteiger partial charge on any atom is 0.251 e. The molecule has 0 saturated carbocycles. The molecule has 0 aliphatic heterocycles. The van der Waals surface area contributed by atoms with Gasteiger partial charge in [0.15, 0.2) is 0 Å². The molecule has 0 aliphatic carbocycles. The van der Waals surface area contributed by atoms with Gasteiger partial charge < -0.3 is 4.98 Å². The molecule has 2 aromatic heterocycles. The molecule has 1 aromatic carbocycles. The van der Waals surface area contributed by atoms with Gasteiger partial charge in [-0.25, -0.2) is 13.3 Å². The van der Waals surface area contributed by atoms with Crippen molar-refractivity contribution in [3.05, 3.63) is 58.0 Å². The first-order chi connectivity index (χ1) is 9.02. The maximum absolute atomic E-state index is 13.3. The summed E-state index contributed by atoms with van der Waals surface area (Å²) in [4.78, 5) is 14.2. The second-order valence-corrected chi connectivity index (χ2v) is 4.26. The lowest BCUT2D eigenvalue weighted by molar-refractivity contribution is 0.584. The number of halogens is 2. The summed E-state index contributed by atoms with van der Waals surface area (Å²) < 4.78 is 28.0. The van der Waals surface area contributed by atoms with E-state index in [0.717, 1.165) is 18.2 Å². The first-order valence-corrected chi connectivity index (χ1v) is 5.59. The Hall–Kier alpha value is -2.50. The Balaban J connectivity index is 2.37. The molecule has 0 saturated heterocycles. The van der Waals surface area contributed by atoms with Gasteiger partial charge in [0, 0.05) is 23.8 Å². The van der Waals surface area contributed by atoms with Crippen LogP contribution in [-0.4, -0.2) is 14.6 Å². The highest BCUT2D eigenvalue weighted by Gasteiger charge is 2.10. The highest BCUT2D eigenvalue weighted by molar-refractivity contribution is 5.62. The number of aromatic amines is 1. The van der Waals surface area contributed by atoms with Crippen LogP contribution in [0.15, 0.2) is 35.1 Å². The van der Waals surface area contributed by atoms with E-state index in [0.29, 0.717) is 17.0 Å². The Bertz CT molecular complexity index is 815. The van der Waals surface area contributed by atoms with Crippen LogP contribution in [-0.2, 0) is 0 Å². The number of benzene rings is 1. The lowest BCUT2D eigenvalue weighted by atomic mass is 10.1. The Labute approximate surface area is 106 Å². The lowest BCUT2D eigenvalue weighted by Gasteiger charge is -2.05. The van der Waals surface area contributed by atoms with Crippen molar-refractivity contribution in [2.45, 2.75) is 6.92 Å². The van der Waals surface area contributed by atoms with Crippen LogP contribution in [0.5, 0.6) is 0 Å². The van der Waals surface area contributed by atoms with Crippen LogP contribution in [0.2, 0.25) is 0 Å². The predicted molar refractivity (Wildman–Crippen MR) is 65.9 cm³/mol. The van der Waals surface area contributed by atoms with Crippen molar-refractivity contribution in [3.8, 4) is 11.3 Å². The van der Waals surface area contributed by atoms with Crippen LogP contribution in [0.25, 0.3) is 16.9 Å². The summed E-state index contributed by atoms with van der Waals surface area (Å²) in [6, 6.07) is 6.04. The van der Waals surface area contributed by atoms with E-state index in [2.05, 4.69) is 10.1 Å². The minimum absolute atomic E-state index is 0.261. The van der Waals surface area contributed by atoms with Crippen molar-refractivity contribution in [1.82, 2.24) is 14.6 Å². The summed E-state index contributed by atoms with van der Waals surface area (Å²) in [7, 11) is 0. The van der Waals surface area contributed by atoms with E-state index >= 15 is 0 Å². The zero-order valence-corrected chi connectivity index (χ0v) is 9.95. The second kappa shape index (κ2) is 4.01. The van der Waals surface area contributed by atoms with Gasteiger partial charge in [-0.15, -0.1) is 0 Å². The minimum Gasteiger partial charge on any atom is -0.307 e. The van der Waals surface area contributed by atoms with Gasteiger partial charge in [0.05, 0.1) is 11.4 Å². The molecule has 96 valence electrons. The number of H-pyrrole nitrogens is 1. The van der Waals surface area contributed by atoms with E-state index in [1.165, 1.54) is 10.6 Å². The Kier molecular flexibility index (Phi) is 2.45. The third kappa shape index (κ3) is 2.01. The molecule has 2 heterocycles. The van der Waals surface area contributed by atoms with Crippen molar-refractivity contribution in [3.63, 3.8) is 0 Å². The summed E-state index contributed by atoms with van der Waals surface area (Å²) >= 11 is 0. The molecule has 6 heteroatoms. The van der Waals surface area contributed by atoms with Gasteiger partial charge in [0.25, 0.3) is 5.56 Å². The van der Waals surface area contributed by atoms with Gasteiger partial charge in [-0.1, -0.05) is 0 Å². The summed E-state index contributed by atoms with van der Waals surface area (Å²) in [5, 5.41) is 4.19. The van der Waals surface area contributed by atoms with Gasteiger partial charge in [0.2, 0.25) is 0 Å². The number of aryl methyl sites for hydroxylation is 1. The quantitative estimate of drug-likeness (QED) is 0.730. The summed E-state index contributed by atoms with van der Waals surface area (Å²) in [5.41, 5.74) is 1.42. The molecule has 19 heavy (non-hydrogen) atoms. The van der Waals surface area contributed by atoms with Gasteiger partial charge >= 0.3 is 0 Å². The van der Waals surface area contributed by atoms with Gasteiger partial charge in [-0.05, 0) is 19.1 Å². The summed E-state index contributed by atoms with van der Waals surface area (Å²) in [6.45, 7) is 1.77. The Morgan fingerprint density at radius 2 is 1.79 bits per heavy atom. The predicted octanol–water partition coefficient (Wildman–Crippen LogP) is 2.28. The van der Waals surface area contributed by atoms with Crippen molar-refractivity contribution >= 4 is 5.65 Å². The average molecular weight is 261 g/mol. The van der Waals surface area contributed by atoms with Crippen LogP contribution < -0.4 is 5.56 Å². The molecule has 4 nitrogen and oxygen atoms in total. The number of rotatable bonds is 1. The SMILES string of the molecule is Cc1cc2[nH]c(=O)cc(-c3cc(F)cc(F)c3)n2n1. The van der Waals surface area contributed by atoms with Crippen molar-refractivity contribution in [2.75, 3.05) is 0 Å². The number of nitrogens with zero attached hydrogens (tertiary/aromatic N) is 2. The monoisotopic (exact) mass is 261 g/mol. The van der Waals surface area contributed by atoms with Gasteiger partial charge in [0.1, 0.15) is 17.3 Å². The third-order valence-corrected chi connectivity index (χ3v) is 2.74. The lowest BCUT2D eigenvalue weighted by Crippen LogP contribution is -2.09. The molecule has 0 bridgehead atoms. The number of hydrogen-bond donors (Lipinski definition) is 1. The van der Waals surface area contributed by atoms with E-state index in [-0.39, 0.29) is 11.1 Å². The molecular formula is C13H9F2N3O. The fourth-order valence-corrected chi connectivity index (χ4v) is 2.03. The minimum atomic E-state index is -0.702. The number of hydrogen-bond acceptors (Lipinski definition) is 2. The van der Waals surface area contributed by atoms with E-state index in [9.17, 15) is 13.6 Å². The van der Waals surface area contributed by atoms with Gasteiger partial charge in [-0.3, -0.25) is 4.79 Å². The molecule has 0 radical (unpaired) electrons. The zero-order valence-electron chi connectivity index (χ0n) is 9.95. The van der Waals surface area contributed by atoms with Crippen LogP contribution in [0.1, 0.15) is 5.69 Å². The van der Waals surface area contributed by atoms with Crippen LogP contribution in [0.4, 0.5) is 8.78 Å². The standard InChI is InChI=1S/C13H9F2N3O/c1-7-2-12-16-13(19)6-11(18(12)17-7)8-3-9(14)5-10(15)4-8/h2-6H,1H3,(H,16,19). The third-order valence-electron chi connectivity index (χ3n) is 2.74. The van der Waals surface area contributed by atoms with E-state index in [1.54, 1.807) is 13.0 Å². The average Bonchev–Trinajstić information content (AvgIpc) is 2.66. The Morgan fingerprint density at radius 3 is 2.47 bits per heavy atom. The van der Waals surface area contributed by atoms with Crippen molar-refractivity contribution in [1.29, 1.82) is 0 Å². The summed E-state index contributed by atoms with van der Waals surface area (Å²) in [6.07, 6.45) is 0. The molecule has 0 atom stereocenters. The smallest absolute Gasteiger partial charge is 0.251 e. The fourth-order valence-electron chi connectivity index (χ4n) is 2.03. The topological polar surface area (TPSA) is 50.2 Å². The summed E-state index contributed by atoms with van der Waals surface area (Å²) in [5.74, 6) is -1.40. The fraction of sp³-hybridized carbons (Fsp3) is 0.0769. The van der Waals surface area contributed by atoms with Crippen molar-refractivity contribution in [2.24, 2.45) is 0 Å². The molecule has 0 aliphatic rings. The maximum atomic E-state index is 13.3. The molecular weight excluding hydrogens is 252 g/mol. The normalized spacial score (nSPS) is 11.1. The highest BCUT2D eigenvalue weighted by Crippen LogP contribution is 2.21. The van der Waals surface area contributed by atoms with E-state index in [1.807, 2.05) is 0 Å². The number of nitrogens with one attached hydrogen (secondary N) is 1. The molecule has 3 aromatic rings. The molecule has 0 amide bonds. The molecule has 0 spiro atoms. The van der Waals surface area contributed by atoms with Crippen LogP contribution in [0.3, 0.4) is 0 Å². The molecule has 0 unspecified atom stereocenters. The highest BCUT2D eigenvalue weighted by atomic mass is 19.1. The molecule has 0 fully saturated rings. The van der Waals surface area contributed by atoms with Crippen molar-refractivity contribution < 1.29 is 8.78 Å².